The Morgan fingerprint density at radius 3 is 2.84 bits per heavy atom. The molecule has 128 valence electrons. The number of nitrogens with zero attached hydrogens (tertiary/aromatic N) is 4. The lowest BCUT2D eigenvalue weighted by Gasteiger charge is -2.11. The van der Waals surface area contributed by atoms with E-state index in [0.29, 0.717) is 22.7 Å². The van der Waals surface area contributed by atoms with Crippen LogP contribution in [0.3, 0.4) is 0 Å². The minimum absolute atomic E-state index is 0.0229. The van der Waals surface area contributed by atoms with Crippen LogP contribution in [0.4, 0.5) is 5.69 Å². The fourth-order valence-corrected chi connectivity index (χ4v) is 2.40. The van der Waals surface area contributed by atoms with Crippen molar-refractivity contribution in [1.29, 1.82) is 0 Å². The van der Waals surface area contributed by atoms with Gasteiger partial charge in [0.05, 0.1) is 24.7 Å². The fourth-order valence-electron chi connectivity index (χ4n) is 2.40. The lowest BCUT2D eigenvalue weighted by molar-refractivity contribution is -0.384. The molecule has 3 aromatic rings. The van der Waals surface area contributed by atoms with Gasteiger partial charge >= 0.3 is 0 Å². The van der Waals surface area contributed by atoms with Crippen LogP contribution in [0.15, 0.2) is 54.9 Å². The van der Waals surface area contributed by atoms with Crippen LogP contribution in [0.2, 0.25) is 0 Å². The van der Waals surface area contributed by atoms with Gasteiger partial charge in [0.1, 0.15) is 12.1 Å². The number of benzene rings is 2. The Kier molecular flexibility index (Phi) is 4.71. The number of rotatable bonds is 6. The molecule has 0 unspecified atom stereocenters. The molecule has 0 bridgehead atoms. The van der Waals surface area contributed by atoms with Crippen molar-refractivity contribution in [1.82, 2.24) is 14.8 Å². The average molecular weight is 340 g/mol. The molecule has 0 amide bonds. The quantitative estimate of drug-likeness (QED) is 0.546. The van der Waals surface area contributed by atoms with Crippen LogP contribution in [0.25, 0.3) is 11.4 Å². The highest BCUT2D eigenvalue weighted by molar-refractivity contribution is 5.58. The van der Waals surface area contributed by atoms with Crippen LogP contribution < -0.4 is 4.74 Å². The highest BCUT2D eigenvalue weighted by atomic mass is 16.6. The Bertz CT molecular complexity index is 894. The number of nitro groups is 1. The summed E-state index contributed by atoms with van der Waals surface area (Å²) in [6.07, 6.45) is 0.701. The van der Waals surface area contributed by atoms with Gasteiger partial charge < -0.3 is 9.84 Å². The first-order valence-electron chi connectivity index (χ1n) is 7.53. The molecule has 0 fully saturated rings. The van der Waals surface area contributed by atoms with Gasteiger partial charge in [0.15, 0.2) is 5.82 Å². The van der Waals surface area contributed by atoms with Crippen molar-refractivity contribution in [2.75, 3.05) is 7.11 Å². The molecular formula is C17H16N4O4. The Hall–Kier alpha value is -3.26. The van der Waals surface area contributed by atoms with Gasteiger partial charge in [0.25, 0.3) is 5.69 Å². The molecule has 0 radical (unpaired) electrons. The van der Waals surface area contributed by atoms with Crippen LogP contribution >= 0.6 is 0 Å². The van der Waals surface area contributed by atoms with E-state index in [1.54, 1.807) is 43.5 Å². The monoisotopic (exact) mass is 340 g/mol. The van der Waals surface area contributed by atoms with Gasteiger partial charge in [-0.1, -0.05) is 24.3 Å². The molecular weight excluding hydrogens is 324 g/mol. The summed E-state index contributed by atoms with van der Waals surface area (Å²) in [5.74, 6) is 1.02. The van der Waals surface area contributed by atoms with E-state index in [4.69, 9.17) is 4.74 Å². The van der Waals surface area contributed by atoms with Crippen molar-refractivity contribution in [2.24, 2.45) is 0 Å². The normalized spacial score (nSPS) is 11.9. The number of aliphatic hydroxyl groups excluding tert-OH is 1. The van der Waals surface area contributed by atoms with Crippen molar-refractivity contribution in [2.45, 2.75) is 12.6 Å². The van der Waals surface area contributed by atoms with E-state index in [0.717, 1.165) is 0 Å². The van der Waals surface area contributed by atoms with Gasteiger partial charge in [-0.25, -0.2) is 9.67 Å². The second-order valence-electron chi connectivity index (χ2n) is 5.39. The van der Waals surface area contributed by atoms with E-state index in [9.17, 15) is 15.2 Å². The Balaban J connectivity index is 1.77. The Morgan fingerprint density at radius 2 is 2.08 bits per heavy atom. The lowest BCUT2D eigenvalue weighted by Crippen LogP contribution is -2.09. The molecule has 1 aromatic heterocycles. The first kappa shape index (κ1) is 16.6. The highest BCUT2D eigenvalue weighted by Gasteiger charge is 2.13. The van der Waals surface area contributed by atoms with Crippen molar-refractivity contribution >= 4 is 5.69 Å². The third-order valence-electron chi connectivity index (χ3n) is 3.69. The molecule has 2 aromatic carbocycles. The molecule has 25 heavy (non-hydrogen) atoms. The maximum absolute atomic E-state index is 10.9. The minimum atomic E-state index is -0.783. The van der Waals surface area contributed by atoms with Gasteiger partial charge in [-0.2, -0.15) is 5.10 Å². The molecule has 8 nitrogen and oxygen atoms in total. The van der Waals surface area contributed by atoms with Gasteiger partial charge in [-0.05, 0) is 17.7 Å². The third-order valence-corrected chi connectivity index (χ3v) is 3.69. The molecule has 0 aliphatic rings. The zero-order valence-electron chi connectivity index (χ0n) is 13.4. The summed E-state index contributed by atoms with van der Waals surface area (Å²) in [6, 6.07) is 13.3. The zero-order chi connectivity index (χ0) is 17.8. The van der Waals surface area contributed by atoms with Gasteiger partial charge in [0.2, 0.25) is 0 Å². The van der Waals surface area contributed by atoms with Crippen LogP contribution in [0.5, 0.6) is 5.75 Å². The van der Waals surface area contributed by atoms with E-state index in [1.165, 1.54) is 23.1 Å². The predicted molar refractivity (Wildman–Crippen MR) is 90.1 cm³/mol. The van der Waals surface area contributed by atoms with Crippen molar-refractivity contribution in [3.8, 4) is 17.1 Å². The summed E-state index contributed by atoms with van der Waals surface area (Å²) >= 11 is 0. The standard InChI is InChI=1S/C17H16N4O4/c1-25-15-7-3-4-12(9-15)16(22)10-20-11-18-17(19-20)13-5-2-6-14(8-13)21(23)24/h2-9,11,16,22H,10H2,1H3/t16-/m1/s1. The van der Waals surface area contributed by atoms with Crippen LogP contribution in [0, 0.1) is 10.1 Å². The largest absolute Gasteiger partial charge is 0.497 e. The third kappa shape index (κ3) is 3.81. The second-order valence-corrected chi connectivity index (χ2v) is 5.39. The summed E-state index contributed by atoms with van der Waals surface area (Å²) in [6.45, 7) is 0.203. The van der Waals surface area contributed by atoms with E-state index in [2.05, 4.69) is 10.1 Å². The summed E-state index contributed by atoms with van der Waals surface area (Å²) in [5, 5.41) is 25.5. The topological polar surface area (TPSA) is 103 Å². The zero-order valence-corrected chi connectivity index (χ0v) is 13.4. The number of hydrogen-bond donors (Lipinski definition) is 1. The highest BCUT2D eigenvalue weighted by Crippen LogP contribution is 2.22. The number of methoxy groups -OCH3 is 1. The first-order valence-corrected chi connectivity index (χ1v) is 7.53. The lowest BCUT2D eigenvalue weighted by atomic mass is 10.1. The Morgan fingerprint density at radius 1 is 1.28 bits per heavy atom. The predicted octanol–water partition coefficient (Wildman–Crippen LogP) is 2.60. The number of ether oxygens (including phenoxy) is 1. The Labute approximate surface area is 143 Å². The first-order chi connectivity index (χ1) is 12.1. The van der Waals surface area contributed by atoms with Crippen molar-refractivity contribution < 1.29 is 14.8 Å². The number of hydrogen-bond acceptors (Lipinski definition) is 6. The van der Waals surface area contributed by atoms with Crippen LogP contribution in [-0.2, 0) is 6.54 Å². The van der Waals surface area contributed by atoms with E-state index in [1.807, 2.05) is 0 Å². The molecule has 1 atom stereocenters. The molecule has 8 heteroatoms. The van der Waals surface area contributed by atoms with Crippen LogP contribution in [-0.4, -0.2) is 31.9 Å². The van der Waals surface area contributed by atoms with E-state index >= 15 is 0 Å². The second kappa shape index (κ2) is 7.10. The molecule has 0 saturated heterocycles. The minimum Gasteiger partial charge on any atom is -0.497 e. The molecule has 3 rings (SSSR count). The molecule has 0 aliphatic heterocycles. The van der Waals surface area contributed by atoms with Gasteiger partial charge in [-0.15, -0.1) is 0 Å². The fraction of sp³-hybridized carbons (Fsp3) is 0.176. The molecule has 1 heterocycles. The van der Waals surface area contributed by atoms with Gasteiger partial charge in [-0.3, -0.25) is 10.1 Å². The number of aliphatic hydroxyl groups is 1. The smallest absolute Gasteiger partial charge is 0.270 e. The van der Waals surface area contributed by atoms with Crippen molar-refractivity contribution in [3.63, 3.8) is 0 Å². The summed E-state index contributed by atoms with van der Waals surface area (Å²) in [7, 11) is 1.56. The van der Waals surface area contributed by atoms with Gasteiger partial charge in [0, 0.05) is 17.7 Å². The maximum Gasteiger partial charge on any atom is 0.270 e. The summed E-state index contributed by atoms with van der Waals surface area (Å²) in [4.78, 5) is 14.6. The van der Waals surface area contributed by atoms with Crippen LogP contribution in [0.1, 0.15) is 11.7 Å². The summed E-state index contributed by atoms with van der Waals surface area (Å²) in [5.41, 5.74) is 1.22. The molecule has 1 N–H and O–H groups in total. The summed E-state index contributed by atoms with van der Waals surface area (Å²) < 4.78 is 6.65. The average Bonchev–Trinajstić information content (AvgIpc) is 3.10. The number of aromatic nitrogens is 3. The molecule has 0 aliphatic carbocycles. The molecule has 0 saturated carbocycles. The SMILES string of the molecule is COc1cccc([C@H](O)Cn2cnc(-c3cccc([N+](=O)[O-])c3)n2)c1. The molecule has 0 spiro atoms. The number of nitro benzene ring substituents is 1. The van der Waals surface area contributed by atoms with E-state index < -0.39 is 11.0 Å². The maximum atomic E-state index is 10.9. The number of non-ortho nitro benzene ring substituents is 1. The van der Waals surface area contributed by atoms with Crippen molar-refractivity contribution in [3.05, 3.63) is 70.5 Å². The van der Waals surface area contributed by atoms with E-state index in [-0.39, 0.29) is 12.2 Å².